The molecule has 25 heavy (non-hydrogen) atoms. The van der Waals surface area contributed by atoms with Crippen molar-refractivity contribution in [1.82, 2.24) is 10.2 Å². The number of benzene rings is 1. The number of piperazine rings is 1. The molecule has 2 fully saturated rings. The lowest BCUT2D eigenvalue weighted by molar-refractivity contribution is -0.123. The summed E-state index contributed by atoms with van der Waals surface area (Å²) in [7, 11) is 0. The van der Waals surface area contributed by atoms with Gasteiger partial charge in [-0.3, -0.25) is 9.69 Å². The summed E-state index contributed by atoms with van der Waals surface area (Å²) in [5.41, 5.74) is 6.32. The van der Waals surface area contributed by atoms with Crippen LogP contribution in [0.1, 0.15) is 12.8 Å². The Morgan fingerprint density at radius 2 is 1.64 bits per heavy atom. The molecule has 9 heteroatoms. The molecule has 144 valence electrons. The fourth-order valence-corrected chi connectivity index (χ4v) is 2.75. The van der Waals surface area contributed by atoms with Gasteiger partial charge in [-0.2, -0.15) is 0 Å². The van der Waals surface area contributed by atoms with Gasteiger partial charge in [0.25, 0.3) is 0 Å². The molecule has 1 saturated heterocycles. The van der Waals surface area contributed by atoms with E-state index in [1.807, 2.05) is 12.1 Å². The third-order valence-electron chi connectivity index (χ3n) is 4.52. The van der Waals surface area contributed by atoms with Crippen LogP contribution in [0.25, 0.3) is 0 Å². The summed E-state index contributed by atoms with van der Waals surface area (Å²) in [5, 5.41) is 2.92. The van der Waals surface area contributed by atoms with E-state index in [4.69, 9.17) is 5.73 Å². The normalized spacial score (nSPS) is 18.2. The van der Waals surface area contributed by atoms with Crippen molar-refractivity contribution in [2.24, 2.45) is 5.73 Å². The molecule has 1 aliphatic heterocycles. The zero-order valence-corrected chi connectivity index (χ0v) is 16.4. The molecule has 1 aromatic rings. The van der Waals surface area contributed by atoms with E-state index in [0.717, 1.165) is 51.3 Å². The average molecular weight is 416 g/mol. The van der Waals surface area contributed by atoms with Crippen molar-refractivity contribution in [3.8, 4) is 0 Å². The first-order valence-corrected chi connectivity index (χ1v) is 7.87. The number of nitrogens with two attached hydrogens (primary N) is 1. The van der Waals surface area contributed by atoms with Crippen molar-refractivity contribution in [3.05, 3.63) is 30.1 Å². The van der Waals surface area contributed by atoms with E-state index < -0.39 is 5.54 Å². The number of halogens is 4. The fourth-order valence-electron chi connectivity index (χ4n) is 2.75. The number of anilines is 1. The highest BCUT2D eigenvalue weighted by Gasteiger charge is 2.45. The van der Waals surface area contributed by atoms with E-state index in [1.54, 1.807) is 0 Å². The molecule has 0 aromatic heterocycles. The van der Waals surface area contributed by atoms with E-state index in [1.165, 1.54) is 12.1 Å². The van der Waals surface area contributed by atoms with Gasteiger partial charge in [-0.15, -0.1) is 37.2 Å². The zero-order chi connectivity index (χ0) is 15.6. The number of nitrogens with one attached hydrogen (secondary N) is 1. The summed E-state index contributed by atoms with van der Waals surface area (Å²) >= 11 is 0. The van der Waals surface area contributed by atoms with E-state index in [-0.39, 0.29) is 48.9 Å². The number of amides is 1. The average Bonchev–Trinajstić information content (AvgIpc) is 3.28. The number of hydrogen-bond donors (Lipinski definition) is 2. The van der Waals surface area contributed by atoms with Crippen LogP contribution in [-0.2, 0) is 4.79 Å². The van der Waals surface area contributed by atoms with Crippen LogP contribution in [0.2, 0.25) is 0 Å². The maximum absolute atomic E-state index is 12.9. The van der Waals surface area contributed by atoms with Gasteiger partial charge in [0.15, 0.2) is 0 Å². The third kappa shape index (κ3) is 6.46. The van der Waals surface area contributed by atoms with Gasteiger partial charge in [0, 0.05) is 45.0 Å². The first-order chi connectivity index (χ1) is 10.6. The Labute approximate surface area is 166 Å². The molecular formula is C16H26Cl3FN4O. The smallest absolute Gasteiger partial charge is 0.240 e. The summed E-state index contributed by atoms with van der Waals surface area (Å²) in [6.45, 7) is 5.22. The molecule has 3 N–H and O–H groups in total. The number of carbonyl (C=O) groups is 1. The van der Waals surface area contributed by atoms with Crippen LogP contribution in [-0.4, -0.2) is 55.6 Å². The molecule has 0 unspecified atom stereocenters. The number of rotatable bonds is 5. The molecule has 2 aliphatic rings. The second kappa shape index (κ2) is 10.4. The fraction of sp³-hybridized carbons (Fsp3) is 0.562. The first-order valence-electron chi connectivity index (χ1n) is 7.87. The molecule has 1 heterocycles. The second-order valence-electron chi connectivity index (χ2n) is 6.22. The zero-order valence-electron chi connectivity index (χ0n) is 13.9. The lowest BCUT2D eigenvalue weighted by Crippen LogP contribution is -2.50. The maximum atomic E-state index is 12.9. The molecular weight excluding hydrogens is 390 g/mol. The molecule has 3 rings (SSSR count). The van der Waals surface area contributed by atoms with Crippen LogP contribution in [0, 0.1) is 5.82 Å². The van der Waals surface area contributed by atoms with Crippen molar-refractivity contribution in [3.63, 3.8) is 0 Å². The highest BCUT2D eigenvalue weighted by molar-refractivity contribution is 5.88. The van der Waals surface area contributed by atoms with Crippen molar-refractivity contribution < 1.29 is 9.18 Å². The van der Waals surface area contributed by atoms with E-state index >= 15 is 0 Å². The van der Waals surface area contributed by atoms with Crippen molar-refractivity contribution in [2.75, 3.05) is 44.2 Å². The Bertz CT molecular complexity index is 535. The molecule has 0 bridgehead atoms. The third-order valence-corrected chi connectivity index (χ3v) is 4.52. The highest BCUT2D eigenvalue weighted by Crippen LogP contribution is 2.31. The van der Waals surface area contributed by atoms with E-state index in [9.17, 15) is 9.18 Å². The molecule has 1 aromatic carbocycles. The Morgan fingerprint density at radius 3 is 2.16 bits per heavy atom. The Kier molecular flexibility index (Phi) is 10.1. The number of hydrogen-bond acceptors (Lipinski definition) is 4. The predicted molar refractivity (Wildman–Crippen MR) is 106 cm³/mol. The Morgan fingerprint density at radius 1 is 1.08 bits per heavy atom. The molecule has 1 aliphatic carbocycles. The molecule has 0 spiro atoms. The highest BCUT2D eigenvalue weighted by atomic mass is 35.5. The van der Waals surface area contributed by atoms with Gasteiger partial charge in [0.05, 0.1) is 5.54 Å². The van der Waals surface area contributed by atoms with Crippen molar-refractivity contribution in [1.29, 1.82) is 0 Å². The Hall–Kier alpha value is -0.790. The minimum atomic E-state index is -0.582. The summed E-state index contributed by atoms with van der Waals surface area (Å²) in [4.78, 5) is 16.3. The van der Waals surface area contributed by atoms with Crippen LogP contribution in [0.3, 0.4) is 0 Å². The van der Waals surface area contributed by atoms with Gasteiger partial charge in [0.1, 0.15) is 5.82 Å². The summed E-state index contributed by atoms with van der Waals surface area (Å²) in [6, 6.07) is 6.64. The summed E-state index contributed by atoms with van der Waals surface area (Å²) in [6.07, 6.45) is 1.60. The lowest BCUT2D eigenvalue weighted by atomic mass is 10.2. The first kappa shape index (κ1) is 24.2. The topological polar surface area (TPSA) is 61.6 Å². The van der Waals surface area contributed by atoms with Crippen LogP contribution in [0.5, 0.6) is 0 Å². The van der Waals surface area contributed by atoms with E-state index in [0.29, 0.717) is 6.54 Å². The van der Waals surface area contributed by atoms with Crippen LogP contribution < -0.4 is 16.0 Å². The SMILES string of the molecule is Cl.Cl.Cl.NC1(C(=O)NCCN2CCN(c3ccc(F)cc3)CC2)CC1. The maximum Gasteiger partial charge on any atom is 0.240 e. The molecule has 5 nitrogen and oxygen atoms in total. The van der Waals surface area contributed by atoms with Gasteiger partial charge >= 0.3 is 0 Å². The minimum absolute atomic E-state index is 0. The van der Waals surface area contributed by atoms with Gasteiger partial charge < -0.3 is 16.0 Å². The quantitative estimate of drug-likeness (QED) is 0.770. The van der Waals surface area contributed by atoms with Crippen LogP contribution in [0.4, 0.5) is 10.1 Å². The van der Waals surface area contributed by atoms with Crippen molar-refractivity contribution >= 4 is 48.8 Å². The molecule has 0 atom stereocenters. The lowest BCUT2D eigenvalue weighted by Gasteiger charge is -2.36. The minimum Gasteiger partial charge on any atom is -0.369 e. The molecule has 1 amide bonds. The monoisotopic (exact) mass is 414 g/mol. The summed E-state index contributed by atoms with van der Waals surface area (Å²) in [5.74, 6) is -0.219. The second-order valence-corrected chi connectivity index (χ2v) is 6.22. The van der Waals surface area contributed by atoms with Gasteiger partial charge in [-0.05, 0) is 37.1 Å². The standard InChI is InChI=1S/C16H23FN4O.3ClH/c17-13-1-3-14(4-2-13)21-11-9-20(10-12-21)8-7-19-15(22)16(18)5-6-16;;;/h1-4H,5-12,18H2,(H,19,22);3*1H. The predicted octanol–water partition coefficient (Wildman–Crippen LogP) is 1.82. The van der Waals surface area contributed by atoms with Crippen LogP contribution in [0.15, 0.2) is 24.3 Å². The van der Waals surface area contributed by atoms with Gasteiger partial charge in [-0.25, -0.2) is 4.39 Å². The number of carbonyl (C=O) groups excluding carboxylic acids is 1. The molecule has 1 saturated carbocycles. The summed E-state index contributed by atoms with van der Waals surface area (Å²) < 4.78 is 12.9. The number of nitrogens with zero attached hydrogens (tertiary/aromatic N) is 2. The van der Waals surface area contributed by atoms with Crippen LogP contribution >= 0.6 is 37.2 Å². The van der Waals surface area contributed by atoms with Crippen molar-refractivity contribution in [2.45, 2.75) is 18.4 Å². The largest absolute Gasteiger partial charge is 0.369 e. The molecule has 0 radical (unpaired) electrons. The van der Waals surface area contributed by atoms with E-state index in [2.05, 4.69) is 15.1 Å². The van der Waals surface area contributed by atoms with Gasteiger partial charge in [-0.1, -0.05) is 0 Å². The van der Waals surface area contributed by atoms with Gasteiger partial charge in [0.2, 0.25) is 5.91 Å². The Balaban J connectivity index is 0.00000192.